The normalized spacial score (nSPS) is 13.0. The topological polar surface area (TPSA) is 3.24 Å². The van der Waals surface area contributed by atoms with Crippen LogP contribution in [-0.2, 0) is 0 Å². The van der Waals surface area contributed by atoms with Gasteiger partial charge in [0.05, 0.1) is 0 Å². The van der Waals surface area contributed by atoms with Gasteiger partial charge in [0.15, 0.2) is 0 Å². The summed E-state index contributed by atoms with van der Waals surface area (Å²) in [5.41, 5.74) is 0. The Labute approximate surface area is 138 Å². The first-order valence-electron chi connectivity index (χ1n) is 9.09. The number of allylic oxidation sites excluding steroid dienone is 2. The molecule has 0 fully saturated rings. The Morgan fingerprint density at radius 1 is 0.762 bits per heavy atom. The van der Waals surface area contributed by atoms with Gasteiger partial charge in [0, 0.05) is 0 Å². The molecule has 2 heteroatoms. The van der Waals surface area contributed by atoms with Crippen molar-refractivity contribution in [3.05, 3.63) is 22.3 Å². The number of unbranched alkanes of at least 4 members (excludes halogenated alkanes) is 3. The minimum atomic E-state index is -2.02. The van der Waals surface area contributed by atoms with E-state index in [1.54, 1.807) is 13.3 Å². The molecule has 0 bridgehead atoms. The second-order valence-electron chi connectivity index (χ2n) is 6.72. The van der Waals surface area contributed by atoms with Crippen LogP contribution in [0.1, 0.15) is 59.3 Å². The molecule has 0 aliphatic carbocycles. The fraction of sp³-hybridized carbons (Fsp3) is 0.789. The zero-order chi connectivity index (χ0) is 16.0. The molecule has 0 saturated heterocycles. The average Bonchev–Trinajstić information content (AvgIpc) is 2.47. The van der Waals surface area contributed by atoms with Gasteiger partial charge in [-0.15, -0.1) is 0 Å². The molecule has 0 aromatic rings. The van der Waals surface area contributed by atoms with E-state index in [0.717, 1.165) is 6.54 Å². The summed E-state index contributed by atoms with van der Waals surface area (Å²) in [5, 5.41) is 0. The summed E-state index contributed by atoms with van der Waals surface area (Å²) in [7, 11) is 4.25. The van der Waals surface area contributed by atoms with Crippen molar-refractivity contribution >= 4 is 18.4 Å². The van der Waals surface area contributed by atoms with Gasteiger partial charge in [0.25, 0.3) is 0 Å². The summed E-state index contributed by atoms with van der Waals surface area (Å²) >= 11 is -2.02. The number of hydrogen-bond acceptors (Lipinski definition) is 1. The quantitative estimate of drug-likeness (QED) is 0.269. The van der Waals surface area contributed by atoms with Gasteiger partial charge in [0.2, 0.25) is 0 Å². The van der Waals surface area contributed by atoms with E-state index in [-0.39, 0.29) is 0 Å². The van der Waals surface area contributed by atoms with Gasteiger partial charge in [0.1, 0.15) is 0 Å². The van der Waals surface area contributed by atoms with Crippen molar-refractivity contribution in [3.63, 3.8) is 0 Å². The maximum absolute atomic E-state index is 2.74. The van der Waals surface area contributed by atoms with Gasteiger partial charge in [-0.3, -0.25) is 0 Å². The van der Waals surface area contributed by atoms with Crippen LogP contribution in [0.15, 0.2) is 22.3 Å². The Morgan fingerprint density at radius 3 is 1.62 bits per heavy atom. The Hall–Kier alpha value is 0.239. The summed E-state index contributed by atoms with van der Waals surface area (Å²) in [6, 6.07) is 0. The molecular weight excluding hydrogens is 361 g/mol. The van der Waals surface area contributed by atoms with Crippen molar-refractivity contribution in [2.45, 2.75) is 72.6 Å². The fourth-order valence-corrected chi connectivity index (χ4v) is 16.9. The third-order valence-corrected chi connectivity index (χ3v) is 18.4. The molecule has 0 unspecified atom stereocenters. The van der Waals surface area contributed by atoms with E-state index in [1.807, 2.05) is 0 Å². The van der Waals surface area contributed by atoms with Gasteiger partial charge in [-0.05, 0) is 0 Å². The van der Waals surface area contributed by atoms with Crippen LogP contribution < -0.4 is 0 Å². The third kappa shape index (κ3) is 11.5. The first kappa shape index (κ1) is 21.2. The Morgan fingerprint density at radius 2 is 1.24 bits per heavy atom. The first-order valence-corrected chi connectivity index (χ1v) is 16.8. The molecule has 0 atom stereocenters. The van der Waals surface area contributed by atoms with Crippen LogP contribution in [0.5, 0.6) is 0 Å². The summed E-state index contributed by atoms with van der Waals surface area (Å²) < 4.78 is 7.46. The van der Waals surface area contributed by atoms with Crippen molar-refractivity contribution in [2.24, 2.45) is 0 Å². The first-order chi connectivity index (χ1) is 10.1. The molecule has 124 valence electrons. The fourth-order valence-electron chi connectivity index (χ4n) is 2.82. The molecule has 0 radical (unpaired) electrons. The molecule has 0 saturated carbocycles. The van der Waals surface area contributed by atoms with Gasteiger partial charge in [-0.25, -0.2) is 0 Å². The SMILES string of the molecule is CCC[CH2][Sn](/[CH]=C/C=C/CN(C)C)([CH2]CCC)[CH2]CCC. The van der Waals surface area contributed by atoms with Crippen LogP contribution in [0.25, 0.3) is 0 Å². The van der Waals surface area contributed by atoms with Crippen LogP contribution in [0.3, 0.4) is 0 Å². The second kappa shape index (κ2) is 13.9. The van der Waals surface area contributed by atoms with Crippen molar-refractivity contribution in [2.75, 3.05) is 20.6 Å². The van der Waals surface area contributed by atoms with Crippen LogP contribution in [0, 0.1) is 0 Å². The molecule has 0 spiro atoms. The number of nitrogens with zero attached hydrogens (tertiary/aromatic N) is 1. The summed E-state index contributed by atoms with van der Waals surface area (Å²) in [5.74, 6) is 0. The standard InChI is InChI=1S/C7H12N.3C4H9.Sn/c1-4-5-6-7-8(2)3;3*1-3-4-2;/h1,4-6H,7H2,2-3H3;3*1,3-4H2,2H3;/b4-1?,6-5+;;;;. The molecule has 0 aromatic heterocycles. The number of likely N-dealkylation sites (N-methyl/N-ethyl adjacent to an activating group) is 1. The van der Waals surface area contributed by atoms with E-state index in [1.165, 1.54) is 38.5 Å². The Balaban J connectivity index is 4.76. The molecule has 0 rings (SSSR count). The average molecular weight is 400 g/mol. The zero-order valence-corrected chi connectivity index (χ0v) is 18.2. The van der Waals surface area contributed by atoms with Gasteiger partial charge < -0.3 is 0 Å². The Bertz CT molecular complexity index is 260. The van der Waals surface area contributed by atoms with Crippen molar-refractivity contribution in [3.8, 4) is 0 Å². The van der Waals surface area contributed by atoms with E-state index in [0.29, 0.717) is 0 Å². The Kier molecular flexibility index (Phi) is 14.0. The van der Waals surface area contributed by atoms with Crippen molar-refractivity contribution in [1.82, 2.24) is 4.90 Å². The van der Waals surface area contributed by atoms with E-state index >= 15 is 0 Å². The molecule has 21 heavy (non-hydrogen) atoms. The summed E-state index contributed by atoms with van der Waals surface area (Å²) in [6.07, 6.45) is 15.4. The summed E-state index contributed by atoms with van der Waals surface area (Å²) in [4.78, 5) is 2.21. The maximum atomic E-state index is 2.74. The molecule has 0 aliphatic heterocycles. The molecule has 1 nitrogen and oxygen atoms in total. The number of rotatable bonds is 13. The van der Waals surface area contributed by atoms with Crippen LogP contribution in [0.4, 0.5) is 0 Å². The number of hydrogen-bond donors (Lipinski definition) is 0. The van der Waals surface area contributed by atoms with Crippen molar-refractivity contribution in [1.29, 1.82) is 0 Å². The second-order valence-corrected chi connectivity index (χ2v) is 19.7. The van der Waals surface area contributed by atoms with Crippen LogP contribution >= 0.6 is 0 Å². The molecule has 0 aromatic carbocycles. The summed E-state index contributed by atoms with van der Waals surface area (Å²) in [6.45, 7) is 8.08. The third-order valence-electron chi connectivity index (χ3n) is 4.25. The van der Waals surface area contributed by atoms with E-state index < -0.39 is 18.4 Å². The van der Waals surface area contributed by atoms with E-state index in [9.17, 15) is 0 Å². The van der Waals surface area contributed by atoms with Crippen molar-refractivity contribution < 1.29 is 0 Å². The molecule has 0 amide bonds. The monoisotopic (exact) mass is 401 g/mol. The van der Waals surface area contributed by atoms with Gasteiger partial charge in [-0.1, -0.05) is 0 Å². The molecule has 0 N–H and O–H groups in total. The molecule has 0 aliphatic rings. The predicted molar refractivity (Wildman–Crippen MR) is 102 cm³/mol. The van der Waals surface area contributed by atoms with Crippen LogP contribution in [0.2, 0.25) is 13.3 Å². The van der Waals surface area contributed by atoms with Gasteiger partial charge in [-0.2, -0.15) is 0 Å². The predicted octanol–water partition coefficient (Wildman–Crippen LogP) is 6.05. The van der Waals surface area contributed by atoms with E-state index in [4.69, 9.17) is 0 Å². The minimum absolute atomic E-state index is 1.05. The zero-order valence-electron chi connectivity index (χ0n) is 15.3. The van der Waals surface area contributed by atoms with E-state index in [2.05, 4.69) is 62.1 Å². The molecular formula is C19H39NSn. The van der Waals surface area contributed by atoms with Gasteiger partial charge >= 0.3 is 139 Å². The van der Waals surface area contributed by atoms with Crippen LogP contribution in [-0.4, -0.2) is 43.9 Å². The molecule has 0 heterocycles.